The molecule has 1 N–H and O–H groups in total. The van der Waals surface area contributed by atoms with E-state index >= 15 is 0 Å². The van der Waals surface area contributed by atoms with Gasteiger partial charge in [0.25, 0.3) is 20.1 Å². The summed E-state index contributed by atoms with van der Waals surface area (Å²) in [7, 11) is 0. The Morgan fingerprint density at radius 3 is 0.933 bits per heavy atom. The number of aromatic nitrogens is 3. The van der Waals surface area contributed by atoms with Gasteiger partial charge in [-0.25, -0.2) is 0 Å². The number of ether oxygens (including phenoxy) is 5. The molecule has 0 fully saturated rings. The molecule has 6 aliphatic heterocycles. The third-order valence-corrected chi connectivity index (χ3v) is 20.1. The standard InChI is InChI=1S/C78H43B3N4O5/c1-9-25-60-46(17-1)47-18-2-10-26-61(47)83(60)43-33-59-76-71(34-43)86-66-31-15-7-23-52(66)79(76)54-39-55-68(41-58(54)82-59)88-74-37-45(85-64-29-13-5-21-50(64)51-22-6-14-30-65(51)85)38-75-78(74)81(55)57-40-56-69(42-70(57)90-75)89-73-36-44(35-72-77(73)80(56)53-24-8-16-32-67(53)87-72)84-62-27-11-3-19-48(62)49-20-4-12-28-63(49)84/h1-42,82H. The Kier molecular flexibility index (Phi) is 8.99. The first-order valence-electron chi connectivity index (χ1n) is 30.8. The maximum atomic E-state index is 7.47. The van der Waals surface area contributed by atoms with Gasteiger partial charge in [-0.05, 0) is 92.8 Å². The third-order valence-electron chi connectivity index (χ3n) is 20.1. The molecule has 0 radical (unpaired) electrons. The molecule has 12 heteroatoms. The molecule has 0 unspecified atom stereocenters. The van der Waals surface area contributed by atoms with Gasteiger partial charge >= 0.3 is 0 Å². The average Bonchev–Trinajstić information content (AvgIpc) is 0.930. The van der Waals surface area contributed by atoms with Gasteiger partial charge in [0.15, 0.2) is 0 Å². The fourth-order valence-electron chi connectivity index (χ4n) is 16.5. The van der Waals surface area contributed by atoms with E-state index in [1.165, 1.54) is 32.3 Å². The molecule has 0 amide bonds. The van der Waals surface area contributed by atoms with Gasteiger partial charge in [0.1, 0.15) is 57.5 Å². The predicted molar refractivity (Wildman–Crippen MR) is 366 cm³/mol. The summed E-state index contributed by atoms with van der Waals surface area (Å²) >= 11 is 0. The van der Waals surface area contributed by atoms with Gasteiger partial charge in [-0.2, -0.15) is 0 Å². The fraction of sp³-hybridized carbons (Fsp3) is 0. The number of rotatable bonds is 3. The first-order chi connectivity index (χ1) is 44.6. The predicted octanol–water partition coefficient (Wildman–Crippen LogP) is 13.1. The number of nitrogens with zero attached hydrogens (tertiary/aromatic N) is 3. The second-order valence-electron chi connectivity index (χ2n) is 24.6. The van der Waals surface area contributed by atoms with E-state index in [-0.39, 0.29) is 20.1 Å². The minimum atomic E-state index is -0.312. The van der Waals surface area contributed by atoms with Crippen LogP contribution in [-0.2, 0) is 0 Å². The molecule has 0 bridgehead atoms. The lowest BCUT2D eigenvalue weighted by Gasteiger charge is -2.38. The lowest BCUT2D eigenvalue weighted by atomic mass is 9.30. The van der Waals surface area contributed by atoms with Crippen molar-refractivity contribution in [3.63, 3.8) is 0 Å². The van der Waals surface area contributed by atoms with Gasteiger partial charge in [0, 0.05) is 97.1 Å². The summed E-state index contributed by atoms with van der Waals surface area (Å²) in [6.07, 6.45) is 0. The van der Waals surface area contributed by atoms with Gasteiger partial charge in [-0.1, -0.05) is 158 Å². The van der Waals surface area contributed by atoms with Crippen molar-refractivity contribution in [2.24, 2.45) is 0 Å². The van der Waals surface area contributed by atoms with Crippen LogP contribution in [0.25, 0.3) is 82.5 Å². The van der Waals surface area contributed by atoms with Crippen molar-refractivity contribution in [2.75, 3.05) is 5.32 Å². The number of hydrogen-bond donors (Lipinski definition) is 1. The zero-order chi connectivity index (χ0) is 58.2. The van der Waals surface area contributed by atoms with Crippen LogP contribution >= 0.6 is 0 Å². The van der Waals surface area contributed by atoms with Gasteiger partial charge in [0.2, 0.25) is 0 Å². The number of hydrogen-bond acceptors (Lipinski definition) is 6. The highest BCUT2D eigenvalue weighted by Gasteiger charge is 2.48. The Bertz CT molecular complexity index is 5540. The van der Waals surface area contributed by atoms with Crippen molar-refractivity contribution < 1.29 is 23.7 Å². The SMILES string of the molecule is c1ccc2c(c1)Oc1cc(-n3c4ccccc4c4ccccc43)cc3c1B2c1cc2c(cc1N3)Oc1cc(-n3c4ccccc4c4ccccc43)cc3c1B2c1cc2c(cc1O3)Oc1cc(-n3c4ccccc4c4ccccc43)cc3c1B2c1ccccc1O3. The summed E-state index contributed by atoms with van der Waals surface area (Å²) < 4.78 is 43.4. The molecule has 9 nitrogen and oxygen atoms in total. The molecule has 0 spiro atoms. The monoisotopic (exact) mass is 1150 g/mol. The Morgan fingerprint density at radius 1 is 0.222 bits per heavy atom. The van der Waals surface area contributed by atoms with Crippen molar-refractivity contribution in [1.82, 2.24) is 13.7 Å². The first kappa shape index (κ1) is 47.4. The van der Waals surface area contributed by atoms with E-state index in [1.807, 2.05) is 0 Å². The molecule has 414 valence electrons. The summed E-state index contributed by atoms with van der Waals surface area (Å²) in [6.45, 7) is -0.690. The van der Waals surface area contributed by atoms with Crippen LogP contribution < -0.4 is 78.2 Å². The number of nitrogens with one attached hydrogen (secondary N) is 1. The van der Waals surface area contributed by atoms with Crippen LogP contribution in [0, 0.1) is 0 Å². The highest BCUT2D eigenvalue weighted by molar-refractivity contribution is 7.02. The van der Waals surface area contributed by atoms with Crippen LogP contribution in [0.1, 0.15) is 0 Å². The number of anilines is 2. The van der Waals surface area contributed by atoms with Crippen molar-refractivity contribution in [3.05, 3.63) is 255 Å². The molecule has 0 atom stereocenters. The van der Waals surface area contributed by atoms with E-state index in [2.05, 4.69) is 274 Å². The minimum absolute atomic E-state index is 0.162. The zero-order valence-electron chi connectivity index (χ0n) is 47.9. The van der Waals surface area contributed by atoms with E-state index in [0.29, 0.717) is 0 Å². The number of benzene rings is 13. The molecule has 6 aliphatic rings. The molecule has 9 heterocycles. The van der Waals surface area contributed by atoms with Crippen molar-refractivity contribution in [3.8, 4) is 74.6 Å². The maximum absolute atomic E-state index is 7.47. The molecular weight excluding hydrogens is 1110 g/mol. The molecule has 3 aromatic heterocycles. The zero-order valence-corrected chi connectivity index (χ0v) is 47.9. The number of para-hydroxylation sites is 8. The maximum Gasteiger partial charge on any atom is 0.260 e. The summed E-state index contributed by atoms with van der Waals surface area (Å²) in [5.74, 6) is 7.72. The Morgan fingerprint density at radius 2 is 0.522 bits per heavy atom. The van der Waals surface area contributed by atoms with E-state index in [4.69, 9.17) is 23.7 Å². The summed E-state index contributed by atoms with van der Waals surface area (Å²) in [4.78, 5) is 0. The van der Waals surface area contributed by atoms with Crippen molar-refractivity contribution >= 4 is 146 Å². The largest absolute Gasteiger partial charge is 0.458 e. The molecule has 22 rings (SSSR count). The highest BCUT2D eigenvalue weighted by atomic mass is 16.5. The average molecular weight is 1150 g/mol. The van der Waals surface area contributed by atoms with Gasteiger partial charge in [-0.15, -0.1) is 0 Å². The summed E-state index contributed by atoms with van der Waals surface area (Å²) in [6, 6.07) is 91.3. The minimum Gasteiger partial charge on any atom is -0.458 e. The van der Waals surface area contributed by atoms with E-state index in [0.717, 1.165) is 168 Å². The van der Waals surface area contributed by atoms with Crippen molar-refractivity contribution in [2.45, 2.75) is 0 Å². The Hall–Kier alpha value is -11.7. The van der Waals surface area contributed by atoms with Crippen molar-refractivity contribution in [1.29, 1.82) is 0 Å². The number of fused-ring (bicyclic) bond motifs is 21. The highest BCUT2D eigenvalue weighted by Crippen LogP contribution is 2.46. The summed E-state index contributed by atoms with van der Waals surface area (Å²) in [5, 5.41) is 11.2. The lowest BCUT2D eigenvalue weighted by molar-refractivity contribution is 0.451. The third kappa shape index (κ3) is 6.18. The van der Waals surface area contributed by atoms with E-state index in [9.17, 15) is 0 Å². The van der Waals surface area contributed by atoms with Crippen LogP contribution in [0.4, 0.5) is 11.4 Å². The van der Waals surface area contributed by atoms with E-state index < -0.39 is 0 Å². The van der Waals surface area contributed by atoms with Gasteiger partial charge in [0.05, 0.1) is 50.2 Å². The quantitative estimate of drug-likeness (QED) is 0.178. The molecule has 0 saturated heterocycles. The second-order valence-corrected chi connectivity index (χ2v) is 24.6. The topological polar surface area (TPSA) is 73.0 Å². The molecule has 0 aliphatic carbocycles. The Balaban J connectivity index is 0.764. The lowest BCUT2D eigenvalue weighted by Crippen LogP contribution is -2.63. The smallest absolute Gasteiger partial charge is 0.260 e. The fourth-order valence-corrected chi connectivity index (χ4v) is 16.5. The molecule has 16 aromatic rings. The van der Waals surface area contributed by atoms with Crippen LogP contribution in [0.3, 0.4) is 0 Å². The normalized spacial score (nSPS) is 13.8. The Labute approximate surface area is 515 Å². The van der Waals surface area contributed by atoms with Crippen LogP contribution in [0.2, 0.25) is 0 Å². The van der Waals surface area contributed by atoms with E-state index in [1.54, 1.807) is 0 Å². The molecular formula is C78H43B3N4O5. The van der Waals surface area contributed by atoms with Crippen LogP contribution in [-0.4, -0.2) is 33.8 Å². The van der Waals surface area contributed by atoms with Crippen LogP contribution in [0.5, 0.6) is 57.5 Å². The molecule has 13 aromatic carbocycles. The second kappa shape index (κ2) is 17.1. The van der Waals surface area contributed by atoms with Gasteiger partial charge in [-0.3, -0.25) is 0 Å². The van der Waals surface area contributed by atoms with Crippen LogP contribution in [0.15, 0.2) is 255 Å². The summed E-state index contributed by atoms with van der Waals surface area (Å²) in [5.41, 5.74) is 21.1. The first-order valence-corrected chi connectivity index (χ1v) is 30.8. The van der Waals surface area contributed by atoms with Gasteiger partial charge < -0.3 is 42.7 Å². The molecule has 0 saturated carbocycles. The molecule has 90 heavy (non-hydrogen) atoms.